The van der Waals surface area contributed by atoms with E-state index >= 15 is 0 Å². The molecule has 0 saturated carbocycles. The van der Waals surface area contributed by atoms with Crippen LogP contribution in [0.1, 0.15) is 10.4 Å². The van der Waals surface area contributed by atoms with Gasteiger partial charge >= 0.3 is 12.4 Å². The van der Waals surface area contributed by atoms with Gasteiger partial charge in [0, 0.05) is 0 Å². The van der Waals surface area contributed by atoms with Crippen molar-refractivity contribution in [3.8, 4) is 5.75 Å². The zero-order chi connectivity index (χ0) is 16.3. The molecular weight excluding hydrogens is 306 g/mol. The van der Waals surface area contributed by atoms with E-state index in [-0.39, 0.29) is 11.3 Å². The minimum Gasteiger partial charge on any atom is -0.496 e. The molecule has 0 aromatic heterocycles. The van der Waals surface area contributed by atoms with E-state index in [4.69, 9.17) is 4.74 Å². The Kier molecular flexibility index (Phi) is 5.21. The summed E-state index contributed by atoms with van der Waals surface area (Å²) >= 11 is 0. The third kappa shape index (κ3) is 4.62. The summed E-state index contributed by atoms with van der Waals surface area (Å²) in [5, 5.41) is 0. The Labute approximate surface area is 115 Å². The second-order valence-corrected chi connectivity index (χ2v) is 3.90. The number of carbonyl (C=O) groups is 1. The van der Waals surface area contributed by atoms with Gasteiger partial charge in [0.15, 0.2) is 5.78 Å². The summed E-state index contributed by atoms with van der Waals surface area (Å²) in [6.07, 6.45) is -15.3. The van der Waals surface area contributed by atoms with E-state index in [9.17, 15) is 31.1 Å². The number of alkyl halides is 6. The highest BCUT2D eigenvalue weighted by molar-refractivity contribution is 5.99. The molecule has 0 fully saturated rings. The van der Waals surface area contributed by atoms with Crippen molar-refractivity contribution in [1.82, 2.24) is 0 Å². The fraction of sp³-hybridized carbons (Fsp3) is 0.417. The number of ether oxygens (including phenoxy) is 2. The van der Waals surface area contributed by atoms with Gasteiger partial charge in [0.1, 0.15) is 12.4 Å². The molecule has 118 valence electrons. The number of hydrogen-bond acceptors (Lipinski definition) is 3. The largest absolute Gasteiger partial charge is 0.496 e. The molecule has 0 spiro atoms. The van der Waals surface area contributed by atoms with E-state index in [1.165, 1.54) is 31.4 Å². The van der Waals surface area contributed by atoms with Crippen LogP contribution in [-0.2, 0) is 4.74 Å². The SMILES string of the molecule is COc1ccccc1C(=O)COC(C(F)(F)F)C(F)(F)F. The van der Waals surface area contributed by atoms with Crippen LogP contribution in [0, 0.1) is 0 Å². The average Bonchev–Trinajstić information content (AvgIpc) is 2.35. The van der Waals surface area contributed by atoms with E-state index in [1.54, 1.807) is 0 Å². The first-order valence-corrected chi connectivity index (χ1v) is 5.48. The molecule has 0 aliphatic rings. The molecule has 1 aromatic rings. The minimum atomic E-state index is -5.65. The first kappa shape index (κ1) is 17.3. The highest BCUT2D eigenvalue weighted by Gasteiger charge is 2.58. The van der Waals surface area contributed by atoms with Gasteiger partial charge in [-0.3, -0.25) is 4.79 Å². The zero-order valence-electron chi connectivity index (χ0n) is 10.6. The maximum atomic E-state index is 12.2. The lowest BCUT2D eigenvalue weighted by Crippen LogP contribution is -2.45. The van der Waals surface area contributed by atoms with E-state index in [0.717, 1.165) is 0 Å². The normalized spacial score (nSPS) is 12.6. The van der Waals surface area contributed by atoms with Gasteiger partial charge in [-0.15, -0.1) is 0 Å². The van der Waals surface area contributed by atoms with Crippen molar-refractivity contribution in [2.75, 3.05) is 13.7 Å². The molecule has 0 atom stereocenters. The zero-order valence-corrected chi connectivity index (χ0v) is 10.6. The Bertz CT molecular complexity index is 481. The molecule has 21 heavy (non-hydrogen) atoms. The van der Waals surface area contributed by atoms with Crippen LogP contribution in [0.4, 0.5) is 26.3 Å². The lowest BCUT2D eigenvalue weighted by atomic mass is 10.1. The van der Waals surface area contributed by atoms with Crippen LogP contribution in [0.2, 0.25) is 0 Å². The van der Waals surface area contributed by atoms with Crippen LogP contribution < -0.4 is 4.74 Å². The number of halogens is 6. The third-order valence-electron chi connectivity index (χ3n) is 2.38. The number of para-hydroxylation sites is 1. The predicted molar refractivity (Wildman–Crippen MR) is 59.2 cm³/mol. The fourth-order valence-corrected chi connectivity index (χ4v) is 1.49. The molecule has 0 amide bonds. The van der Waals surface area contributed by atoms with Gasteiger partial charge in [-0.05, 0) is 12.1 Å². The number of ketones is 1. The van der Waals surface area contributed by atoms with Crippen molar-refractivity contribution in [1.29, 1.82) is 0 Å². The Morgan fingerprint density at radius 1 is 1.10 bits per heavy atom. The smallest absolute Gasteiger partial charge is 0.423 e. The van der Waals surface area contributed by atoms with Gasteiger partial charge in [-0.2, -0.15) is 26.3 Å². The monoisotopic (exact) mass is 316 g/mol. The van der Waals surface area contributed by atoms with Crippen molar-refractivity contribution < 1.29 is 40.6 Å². The van der Waals surface area contributed by atoms with Gasteiger partial charge in [-0.25, -0.2) is 0 Å². The minimum absolute atomic E-state index is 0.0293. The molecule has 0 aliphatic heterocycles. The summed E-state index contributed by atoms with van der Waals surface area (Å²) < 4.78 is 81.9. The van der Waals surface area contributed by atoms with Gasteiger partial charge < -0.3 is 9.47 Å². The number of Topliss-reactive ketones (excluding diaryl/α,β-unsaturated/α-hetero) is 1. The first-order valence-electron chi connectivity index (χ1n) is 5.48. The quantitative estimate of drug-likeness (QED) is 0.617. The number of hydrogen-bond donors (Lipinski definition) is 0. The van der Waals surface area contributed by atoms with E-state index in [1.807, 2.05) is 0 Å². The highest BCUT2D eigenvalue weighted by atomic mass is 19.4. The lowest BCUT2D eigenvalue weighted by molar-refractivity contribution is -0.318. The first-order chi connectivity index (χ1) is 9.57. The molecule has 0 radical (unpaired) electrons. The van der Waals surface area contributed by atoms with Crippen LogP contribution >= 0.6 is 0 Å². The number of rotatable bonds is 5. The number of benzene rings is 1. The Morgan fingerprint density at radius 3 is 2.10 bits per heavy atom. The topological polar surface area (TPSA) is 35.5 Å². The summed E-state index contributed by atoms with van der Waals surface area (Å²) in [6, 6.07) is 5.43. The standard InChI is InChI=1S/C12H10F6O3/c1-20-9-5-3-2-4-7(9)8(19)6-21-10(11(13,14)15)12(16,17)18/h2-5,10H,6H2,1H3. The van der Waals surface area contributed by atoms with Crippen molar-refractivity contribution in [3.05, 3.63) is 29.8 Å². The second kappa shape index (κ2) is 6.33. The summed E-state index contributed by atoms with van der Waals surface area (Å²) in [4.78, 5) is 11.6. The molecule has 9 heteroatoms. The van der Waals surface area contributed by atoms with Crippen molar-refractivity contribution in [2.24, 2.45) is 0 Å². The average molecular weight is 316 g/mol. The molecule has 0 heterocycles. The molecule has 0 bridgehead atoms. The molecule has 0 saturated heterocycles. The predicted octanol–water partition coefficient (Wildman–Crippen LogP) is 3.39. The molecular formula is C12H10F6O3. The fourth-order valence-electron chi connectivity index (χ4n) is 1.49. The van der Waals surface area contributed by atoms with Gasteiger partial charge in [-0.1, -0.05) is 12.1 Å². The Hall–Kier alpha value is -1.77. The maximum absolute atomic E-state index is 12.2. The molecule has 0 N–H and O–H groups in total. The van der Waals surface area contributed by atoms with Crippen LogP contribution in [0.3, 0.4) is 0 Å². The van der Waals surface area contributed by atoms with Crippen molar-refractivity contribution in [2.45, 2.75) is 18.5 Å². The molecule has 3 nitrogen and oxygen atoms in total. The Morgan fingerprint density at radius 2 is 1.62 bits per heavy atom. The van der Waals surface area contributed by atoms with Gasteiger partial charge in [0.05, 0.1) is 12.7 Å². The lowest BCUT2D eigenvalue weighted by Gasteiger charge is -2.22. The van der Waals surface area contributed by atoms with Gasteiger partial charge in [0.25, 0.3) is 0 Å². The summed E-state index contributed by atoms with van der Waals surface area (Å²) in [7, 11) is 1.21. The summed E-state index contributed by atoms with van der Waals surface area (Å²) in [5.41, 5.74) is -0.164. The molecule has 0 unspecified atom stereocenters. The molecule has 1 aromatic carbocycles. The van der Waals surface area contributed by atoms with Crippen molar-refractivity contribution in [3.63, 3.8) is 0 Å². The van der Waals surface area contributed by atoms with Crippen LogP contribution in [0.5, 0.6) is 5.75 Å². The van der Waals surface area contributed by atoms with Crippen molar-refractivity contribution >= 4 is 5.78 Å². The maximum Gasteiger partial charge on any atom is 0.423 e. The summed E-state index contributed by atoms with van der Waals surface area (Å²) in [5.74, 6) is -1.02. The summed E-state index contributed by atoms with van der Waals surface area (Å²) in [6.45, 7) is -1.37. The third-order valence-corrected chi connectivity index (χ3v) is 2.38. The van der Waals surface area contributed by atoms with Crippen LogP contribution in [0.25, 0.3) is 0 Å². The highest BCUT2D eigenvalue weighted by Crippen LogP contribution is 2.35. The van der Waals surface area contributed by atoms with Crippen LogP contribution in [-0.4, -0.2) is 38.0 Å². The number of methoxy groups -OCH3 is 1. The number of carbonyl (C=O) groups excluding carboxylic acids is 1. The Balaban J connectivity index is 2.84. The van der Waals surface area contributed by atoms with E-state index in [0.29, 0.717) is 0 Å². The van der Waals surface area contributed by atoms with Gasteiger partial charge in [0.2, 0.25) is 6.10 Å². The molecule has 0 aliphatic carbocycles. The van der Waals surface area contributed by atoms with E-state index < -0.39 is 30.8 Å². The van der Waals surface area contributed by atoms with E-state index in [2.05, 4.69) is 4.74 Å². The second-order valence-electron chi connectivity index (χ2n) is 3.90. The molecule has 1 rings (SSSR count). The van der Waals surface area contributed by atoms with Crippen LogP contribution in [0.15, 0.2) is 24.3 Å².